The summed E-state index contributed by atoms with van der Waals surface area (Å²) in [5, 5.41) is 4.22. The molecule has 36 heavy (non-hydrogen) atoms. The van der Waals surface area contributed by atoms with E-state index in [-0.39, 0.29) is 24.5 Å². The minimum atomic E-state index is -0.333. The second-order valence-electron chi connectivity index (χ2n) is 8.74. The highest BCUT2D eigenvalue weighted by Gasteiger charge is 2.31. The van der Waals surface area contributed by atoms with Gasteiger partial charge in [-0.15, -0.1) is 0 Å². The number of benzene rings is 2. The maximum absolute atomic E-state index is 13.4. The maximum Gasteiger partial charge on any atom is 0.254 e. The van der Waals surface area contributed by atoms with Gasteiger partial charge in [0.25, 0.3) is 5.91 Å². The Bertz CT molecular complexity index is 1280. The lowest BCUT2D eigenvalue weighted by Gasteiger charge is -2.25. The van der Waals surface area contributed by atoms with Gasteiger partial charge in [-0.05, 0) is 47.5 Å². The van der Waals surface area contributed by atoms with Crippen molar-refractivity contribution in [3.05, 3.63) is 114 Å². The Morgan fingerprint density at radius 2 is 1.72 bits per heavy atom. The van der Waals surface area contributed by atoms with Crippen molar-refractivity contribution in [2.45, 2.75) is 19.3 Å². The molecule has 2 aromatic heterocycles. The van der Waals surface area contributed by atoms with Gasteiger partial charge in [0.2, 0.25) is 5.91 Å². The Morgan fingerprint density at radius 3 is 2.44 bits per heavy atom. The SMILES string of the molecule is O=C1CN(C(=O)c2ccc(-n3cccn3)cc2)CC(OCc2ccccc2)CN1Cc1cccnc1. The predicted octanol–water partition coefficient (Wildman–Crippen LogP) is 3.34. The van der Waals surface area contributed by atoms with Crippen molar-refractivity contribution in [1.82, 2.24) is 24.6 Å². The molecule has 5 rings (SSSR count). The Morgan fingerprint density at radius 1 is 0.917 bits per heavy atom. The number of ether oxygens (including phenoxy) is 1. The van der Waals surface area contributed by atoms with E-state index in [0.717, 1.165) is 16.8 Å². The summed E-state index contributed by atoms with van der Waals surface area (Å²) in [6, 6.07) is 22.7. The third-order valence-corrected chi connectivity index (χ3v) is 6.12. The first-order chi connectivity index (χ1) is 17.7. The number of hydrogen-bond donors (Lipinski definition) is 0. The molecule has 1 fully saturated rings. The van der Waals surface area contributed by atoms with Gasteiger partial charge in [-0.1, -0.05) is 36.4 Å². The second kappa shape index (κ2) is 11.0. The van der Waals surface area contributed by atoms with Crippen LogP contribution in [0.25, 0.3) is 5.69 Å². The molecule has 3 heterocycles. The lowest BCUT2D eigenvalue weighted by atomic mass is 10.1. The van der Waals surface area contributed by atoms with Crippen molar-refractivity contribution in [2.24, 2.45) is 0 Å². The molecule has 0 aliphatic carbocycles. The summed E-state index contributed by atoms with van der Waals surface area (Å²) < 4.78 is 7.96. The number of carbonyl (C=O) groups excluding carboxylic acids is 2. The van der Waals surface area contributed by atoms with E-state index in [2.05, 4.69) is 10.1 Å². The zero-order chi connectivity index (χ0) is 24.7. The molecule has 2 aromatic carbocycles. The van der Waals surface area contributed by atoms with Crippen molar-refractivity contribution < 1.29 is 14.3 Å². The van der Waals surface area contributed by atoms with Crippen LogP contribution in [0.1, 0.15) is 21.5 Å². The zero-order valence-electron chi connectivity index (χ0n) is 19.8. The molecule has 1 aliphatic heterocycles. The van der Waals surface area contributed by atoms with Crippen LogP contribution in [0.3, 0.4) is 0 Å². The number of rotatable bonds is 7. The first kappa shape index (κ1) is 23.4. The topological polar surface area (TPSA) is 80.6 Å². The molecular formula is C28H27N5O3. The van der Waals surface area contributed by atoms with Crippen molar-refractivity contribution in [2.75, 3.05) is 19.6 Å². The molecule has 2 amide bonds. The zero-order valence-corrected chi connectivity index (χ0v) is 19.8. The van der Waals surface area contributed by atoms with Gasteiger partial charge >= 0.3 is 0 Å². The fourth-order valence-electron chi connectivity index (χ4n) is 4.25. The fraction of sp³-hybridized carbons (Fsp3) is 0.214. The van der Waals surface area contributed by atoms with Crippen LogP contribution in [0.2, 0.25) is 0 Å². The van der Waals surface area contributed by atoms with Crippen LogP contribution < -0.4 is 0 Å². The summed E-state index contributed by atoms with van der Waals surface area (Å²) in [7, 11) is 0. The second-order valence-corrected chi connectivity index (χ2v) is 8.74. The van der Waals surface area contributed by atoms with E-state index in [1.165, 1.54) is 0 Å². The highest BCUT2D eigenvalue weighted by Crippen LogP contribution is 2.17. The van der Waals surface area contributed by atoms with E-state index in [0.29, 0.717) is 31.8 Å². The third-order valence-electron chi connectivity index (χ3n) is 6.12. The van der Waals surface area contributed by atoms with Gasteiger partial charge in [0, 0.05) is 50.0 Å². The normalized spacial score (nSPS) is 16.1. The molecule has 0 bridgehead atoms. The van der Waals surface area contributed by atoms with Gasteiger partial charge in [-0.2, -0.15) is 5.10 Å². The Kier molecular flexibility index (Phi) is 7.14. The summed E-state index contributed by atoms with van der Waals surface area (Å²) in [5.74, 6) is -0.321. The molecule has 4 aromatic rings. The third kappa shape index (κ3) is 5.67. The van der Waals surface area contributed by atoms with Crippen LogP contribution in [-0.4, -0.2) is 62.1 Å². The predicted molar refractivity (Wildman–Crippen MR) is 134 cm³/mol. The van der Waals surface area contributed by atoms with Gasteiger partial charge in [0.15, 0.2) is 0 Å². The molecule has 8 heteroatoms. The number of nitrogens with zero attached hydrogens (tertiary/aromatic N) is 5. The Hall–Kier alpha value is -4.30. The standard InChI is InChI=1S/C28H27N5O3/c34-27-20-32(28(35)24-9-11-25(12-10-24)33-15-5-14-30-33)19-26(36-21-22-6-2-1-3-7-22)18-31(27)17-23-8-4-13-29-16-23/h1-16,26H,17-21H2. The minimum Gasteiger partial charge on any atom is -0.370 e. The largest absolute Gasteiger partial charge is 0.370 e. The quantitative estimate of drug-likeness (QED) is 0.405. The number of aromatic nitrogens is 3. The molecule has 0 saturated carbocycles. The summed E-state index contributed by atoms with van der Waals surface area (Å²) in [4.78, 5) is 34.2. The van der Waals surface area contributed by atoms with Crippen LogP contribution in [0.4, 0.5) is 0 Å². The number of carbonyl (C=O) groups is 2. The smallest absolute Gasteiger partial charge is 0.254 e. The van der Waals surface area contributed by atoms with Crippen molar-refractivity contribution in [3.63, 3.8) is 0 Å². The first-order valence-electron chi connectivity index (χ1n) is 11.9. The van der Waals surface area contributed by atoms with Crippen molar-refractivity contribution >= 4 is 11.8 Å². The highest BCUT2D eigenvalue weighted by molar-refractivity contribution is 5.97. The molecule has 0 radical (unpaired) electrons. The maximum atomic E-state index is 13.4. The number of hydrogen-bond acceptors (Lipinski definition) is 5. The number of pyridine rings is 1. The summed E-state index contributed by atoms with van der Waals surface area (Å²) in [6.07, 6.45) is 6.67. The monoisotopic (exact) mass is 481 g/mol. The van der Waals surface area contributed by atoms with Gasteiger partial charge < -0.3 is 14.5 Å². The van der Waals surface area contributed by atoms with Crippen molar-refractivity contribution in [3.8, 4) is 5.69 Å². The lowest BCUT2D eigenvalue weighted by molar-refractivity contribution is -0.132. The molecule has 1 atom stereocenters. The molecular weight excluding hydrogens is 454 g/mol. The van der Waals surface area contributed by atoms with Crippen LogP contribution in [0.5, 0.6) is 0 Å². The van der Waals surface area contributed by atoms with Crippen LogP contribution >= 0.6 is 0 Å². The summed E-state index contributed by atoms with van der Waals surface area (Å²) in [6.45, 7) is 1.52. The molecule has 0 N–H and O–H groups in total. The van der Waals surface area contributed by atoms with Crippen molar-refractivity contribution in [1.29, 1.82) is 0 Å². The molecule has 1 saturated heterocycles. The number of amides is 2. The first-order valence-corrected chi connectivity index (χ1v) is 11.9. The van der Waals surface area contributed by atoms with E-state index >= 15 is 0 Å². The van der Waals surface area contributed by atoms with Crippen LogP contribution in [0, 0.1) is 0 Å². The van der Waals surface area contributed by atoms with Gasteiger partial charge in [-0.3, -0.25) is 14.6 Å². The van der Waals surface area contributed by atoms with Crippen LogP contribution in [-0.2, 0) is 22.7 Å². The van der Waals surface area contributed by atoms with Crippen LogP contribution in [0.15, 0.2) is 97.6 Å². The average Bonchev–Trinajstić information content (AvgIpc) is 3.42. The molecule has 8 nitrogen and oxygen atoms in total. The molecule has 182 valence electrons. The van der Waals surface area contributed by atoms with Gasteiger partial charge in [0.05, 0.1) is 18.4 Å². The highest BCUT2D eigenvalue weighted by atomic mass is 16.5. The summed E-state index contributed by atoms with van der Waals surface area (Å²) >= 11 is 0. The van der Waals surface area contributed by atoms with E-state index in [1.54, 1.807) is 45.2 Å². The lowest BCUT2D eigenvalue weighted by Crippen LogP contribution is -2.39. The summed E-state index contributed by atoms with van der Waals surface area (Å²) in [5.41, 5.74) is 3.34. The minimum absolute atomic E-state index is 0.00873. The fourth-order valence-corrected chi connectivity index (χ4v) is 4.25. The molecule has 0 spiro atoms. The molecule has 1 aliphatic rings. The molecule has 1 unspecified atom stereocenters. The van der Waals surface area contributed by atoms with Gasteiger partial charge in [0.1, 0.15) is 6.54 Å². The average molecular weight is 482 g/mol. The van der Waals surface area contributed by atoms with E-state index in [9.17, 15) is 9.59 Å². The Balaban J connectivity index is 1.34. The van der Waals surface area contributed by atoms with E-state index < -0.39 is 0 Å². The van der Waals surface area contributed by atoms with Gasteiger partial charge in [-0.25, -0.2) is 4.68 Å². The van der Waals surface area contributed by atoms with E-state index in [4.69, 9.17) is 4.74 Å². The van der Waals surface area contributed by atoms with E-state index in [1.807, 2.05) is 66.9 Å². The Labute approximate surface area is 209 Å².